The third-order valence-corrected chi connectivity index (χ3v) is 6.41. The molecule has 3 fully saturated rings. The van der Waals surface area contributed by atoms with Crippen LogP contribution in [0.5, 0.6) is 0 Å². The maximum Gasteiger partial charge on any atom is 0.233 e. The molecule has 5 heteroatoms. The van der Waals surface area contributed by atoms with E-state index in [9.17, 15) is 14.4 Å². The number of nitrogens with zero attached hydrogens (tertiary/aromatic N) is 2. The third kappa shape index (κ3) is 2.49. The van der Waals surface area contributed by atoms with E-state index in [1.165, 1.54) is 11.3 Å². The van der Waals surface area contributed by atoms with Gasteiger partial charge in [0, 0.05) is 26.1 Å². The fraction of sp³-hybridized carbons (Fsp3) is 0.737. The minimum atomic E-state index is -0.161. The van der Waals surface area contributed by atoms with Crippen molar-refractivity contribution in [2.24, 2.45) is 29.6 Å². The van der Waals surface area contributed by atoms with E-state index < -0.39 is 0 Å². The highest BCUT2D eigenvalue weighted by atomic mass is 16.2. The zero-order valence-corrected chi connectivity index (χ0v) is 14.3. The number of fused-ring (bicyclic) bond motifs is 1. The third-order valence-electron chi connectivity index (χ3n) is 6.41. The lowest BCUT2D eigenvalue weighted by Gasteiger charge is -2.38. The number of hydrogen-bond donors (Lipinski definition) is 0. The van der Waals surface area contributed by atoms with Crippen LogP contribution in [0.15, 0.2) is 12.2 Å². The van der Waals surface area contributed by atoms with Crippen molar-refractivity contribution in [3.63, 3.8) is 0 Å². The zero-order valence-electron chi connectivity index (χ0n) is 14.3. The Balaban J connectivity index is 1.40. The molecule has 5 nitrogen and oxygen atoms in total. The predicted molar refractivity (Wildman–Crippen MR) is 88.6 cm³/mol. The van der Waals surface area contributed by atoms with E-state index in [0.29, 0.717) is 5.92 Å². The maximum atomic E-state index is 12.7. The molecule has 5 unspecified atom stereocenters. The van der Waals surface area contributed by atoms with Gasteiger partial charge in [-0.1, -0.05) is 19.1 Å². The number of likely N-dealkylation sites (tertiary alicyclic amines) is 2. The zero-order chi connectivity index (χ0) is 16.8. The molecule has 2 aliphatic heterocycles. The van der Waals surface area contributed by atoms with Crippen molar-refractivity contribution in [1.82, 2.24) is 9.80 Å². The van der Waals surface area contributed by atoms with Gasteiger partial charge in [0.1, 0.15) is 0 Å². The molecular formula is C19H26N2O3. The van der Waals surface area contributed by atoms with Crippen LogP contribution in [-0.4, -0.2) is 47.2 Å². The molecule has 0 aromatic carbocycles. The SMILES string of the molecule is CC1CCCN(C(=O)CCN2C(=O)C3C4C=CC(CC4)C3C2=O)C1. The van der Waals surface area contributed by atoms with Crippen LogP contribution < -0.4 is 0 Å². The summed E-state index contributed by atoms with van der Waals surface area (Å²) < 4.78 is 0. The van der Waals surface area contributed by atoms with Gasteiger partial charge >= 0.3 is 0 Å². The summed E-state index contributed by atoms with van der Waals surface area (Å²) in [4.78, 5) is 41.2. The van der Waals surface area contributed by atoms with Crippen LogP contribution in [0.25, 0.3) is 0 Å². The van der Waals surface area contributed by atoms with Gasteiger partial charge in [-0.2, -0.15) is 0 Å². The van der Waals surface area contributed by atoms with E-state index in [4.69, 9.17) is 0 Å². The number of allylic oxidation sites excluding steroid dienone is 2. The highest BCUT2D eigenvalue weighted by Gasteiger charge is 2.56. The topological polar surface area (TPSA) is 57.7 Å². The Morgan fingerprint density at radius 1 is 1.08 bits per heavy atom. The number of piperidine rings is 1. The van der Waals surface area contributed by atoms with Gasteiger partial charge in [0.2, 0.25) is 17.7 Å². The second kappa shape index (κ2) is 6.01. The summed E-state index contributed by atoms with van der Waals surface area (Å²) in [6.45, 7) is 4.04. The highest BCUT2D eigenvalue weighted by Crippen LogP contribution is 2.49. The molecule has 0 aromatic rings. The van der Waals surface area contributed by atoms with Gasteiger partial charge in [0.05, 0.1) is 11.8 Å². The Labute approximate surface area is 143 Å². The van der Waals surface area contributed by atoms with Gasteiger partial charge in [-0.15, -0.1) is 0 Å². The Hall–Kier alpha value is -1.65. The molecule has 3 aliphatic carbocycles. The lowest BCUT2D eigenvalue weighted by atomic mass is 9.63. The molecule has 2 bridgehead atoms. The monoisotopic (exact) mass is 330 g/mol. The average molecular weight is 330 g/mol. The van der Waals surface area contributed by atoms with E-state index in [0.717, 1.165) is 32.4 Å². The Kier molecular flexibility index (Phi) is 3.97. The summed E-state index contributed by atoms with van der Waals surface area (Å²) in [5.74, 6) is 0.672. The summed E-state index contributed by atoms with van der Waals surface area (Å²) in [5, 5.41) is 0. The molecule has 3 amide bonds. The number of rotatable bonds is 3. The van der Waals surface area contributed by atoms with Crippen LogP contribution in [-0.2, 0) is 14.4 Å². The molecular weight excluding hydrogens is 304 g/mol. The fourth-order valence-electron chi connectivity index (χ4n) is 5.14. The largest absolute Gasteiger partial charge is 0.342 e. The first-order chi connectivity index (χ1) is 11.6. The van der Waals surface area contributed by atoms with Gasteiger partial charge < -0.3 is 4.90 Å². The minimum absolute atomic E-state index is 0.0381. The normalized spacial score (nSPS) is 38.0. The van der Waals surface area contributed by atoms with Crippen LogP contribution >= 0.6 is 0 Å². The summed E-state index contributed by atoms with van der Waals surface area (Å²) in [5.41, 5.74) is 0. The lowest BCUT2D eigenvalue weighted by molar-refractivity contribution is -0.141. The van der Waals surface area contributed by atoms with Crippen molar-refractivity contribution < 1.29 is 14.4 Å². The molecule has 5 atom stereocenters. The molecule has 24 heavy (non-hydrogen) atoms. The van der Waals surface area contributed by atoms with Gasteiger partial charge in [-0.25, -0.2) is 0 Å². The molecule has 0 spiro atoms. The summed E-state index contributed by atoms with van der Waals surface area (Å²) in [6.07, 6.45) is 8.78. The Bertz CT molecular complexity index is 567. The summed E-state index contributed by atoms with van der Waals surface area (Å²) in [7, 11) is 0. The summed E-state index contributed by atoms with van der Waals surface area (Å²) in [6, 6.07) is 0. The van der Waals surface area contributed by atoms with E-state index in [1.54, 1.807) is 0 Å². The quantitative estimate of drug-likeness (QED) is 0.586. The number of carbonyl (C=O) groups is 3. The molecule has 130 valence electrons. The van der Waals surface area contributed by atoms with Crippen molar-refractivity contribution in [3.8, 4) is 0 Å². The standard InChI is InChI=1S/C19H26N2O3/c1-12-3-2-9-20(11-12)15(22)8-10-21-18(23)16-13-4-5-14(7-6-13)17(16)19(21)24/h4-5,12-14,16-17H,2-3,6-11H2,1H3. The highest BCUT2D eigenvalue weighted by molar-refractivity contribution is 6.06. The van der Waals surface area contributed by atoms with Crippen LogP contribution in [0.2, 0.25) is 0 Å². The fourth-order valence-corrected chi connectivity index (χ4v) is 5.14. The minimum Gasteiger partial charge on any atom is -0.342 e. The van der Waals surface area contributed by atoms with Crippen LogP contribution in [0.1, 0.15) is 39.0 Å². The van der Waals surface area contributed by atoms with Crippen molar-refractivity contribution >= 4 is 17.7 Å². The van der Waals surface area contributed by atoms with Gasteiger partial charge in [0.25, 0.3) is 0 Å². The molecule has 1 saturated carbocycles. The smallest absolute Gasteiger partial charge is 0.233 e. The number of amides is 3. The van der Waals surface area contributed by atoms with Crippen molar-refractivity contribution in [3.05, 3.63) is 12.2 Å². The van der Waals surface area contributed by atoms with Gasteiger partial charge in [0.15, 0.2) is 0 Å². The molecule has 5 aliphatic rings. The number of hydrogen-bond acceptors (Lipinski definition) is 3. The Morgan fingerprint density at radius 2 is 1.71 bits per heavy atom. The van der Waals surface area contributed by atoms with E-state index in [-0.39, 0.29) is 54.4 Å². The molecule has 0 aromatic heterocycles. The van der Waals surface area contributed by atoms with Gasteiger partial charge in [-0.3, -0.25) is 19.3 Å². The first-order valence-electron chi connectivity index (χ1n) is 9.37. The Morgan fingerprint density at radius 3 is 2.25 bits per heavy atom. The van der Waals surface area contributed by atoms with Crippen molar-refractivity contribution in [1.29, 1.82) is 0 Å². The average Bonchev–Trinajstić information content (AvgIpc) is 2.87. The second-order valence-corrected chi connectivity index (χ2v) is 8.01. The molecule has 5 rings (SSSR count). The van der Waals surface area contributed by atoms with Gasteiger partial charge in [-0.05, 0) is 43.4 Å². The number of imide groups is 1. The van der Waals surface area contributed by atoms with E-state index >= 15 is 0 Å². The van der Waals surface area contributed by atoms with Crippen LogP contribution in [0.3, 0.4) is 0 Å². The van der Waals surface area contributed by atoms with E-state index in [2.05, 4.69) is 19.1 Å². The van der Waals surface area contributed by atoms with Crippen molar-refractivity contribution in [2.45, 2.75) is 39.0 Å². The summed E-state index contributed by atoms with van der Waals surface area (Å²) >= 11 is 0. The van der Waals surface area contributed by atoms with Crippen LogP contribution in [0.4, 0.5) is 0 Å². The molecule has 2 saturated heterocycles. The molecule has 0 radical (unpaired) electrons. The van der Waals surface area contributed by atoms with E-state index in [1.807, 2.05) is 4.90 Å². The first kappa shape index (κ1) is 15.9. The molecule has 0 N–H and O–H groups in total. The second-order valence-electron chi connectivity index (χ2n) is 8.01. The maximum absolute atomic E-state index is 12.7. The van der Waals surface area contributed by atoms with Crippen molar-refractivity contribution in [2.75, 3.05) is 19.6 Å². The number of carbonyl (C=O) groups excluding carboxylic acids is 3. The lowest BCUT2D eigenvalue weighted by Crippen LogP contribution is -2.41. The predicted octanol–water partition coefficient (Wildman–Crippen LogP) is 1.83. The molecule has 2 heterocycles. The first-order valence-corrected chi connectivity index (χ1v) is 9.37. The van der Waals surface area contributed by atoms with Crippen LogP contribution in [0, 0.1) is 29.6 Å².